The van der Waals surface area contributed by atoms with E-state index in [0.29, 0.717) is 0 Å². The average molecular weight is 261 g/mol. The molecule has 0 heterocycles. The predicted molar refractivity (Wildman–Crippen MR) is 77.7 cm³/mol. The zero-order chi connectivity index (χ0) is 12.9. The molecular weight excluding hydrogens is 232 g/mol. The molecule has 2 heteroatoms. The van der Waals surface area contributed by atoms with Crippen molar-refractivity contribution in [1.82, 2.24) is 0 Å². The summed E-state index contributed by atoms with van der Waals surface area (Å²) in [5.41, 5.74) is 0. The average Bonchev–Trinajstić information content (AvgIpc) is 2.35. The van der Waals surface area contributed by atoms with E-state index in [-0.39, 0.29) is 5.38 Å². The fourth-order valence-corrected chi connectivity index (χ4v) is 2.11. The van der Waals surface area contributed by atoms with Crippen LogP contribution in [-0.4, -0.2) is 16.6 Å². The monoisotopic (exact) mass is 260 g/mol. The van der Waals surface area contributed by atoms with Gasteiger partial charge in [0, 0.05) is 0 Å². The van der Waals surface area contributed by atoms with Crippen molar-refractivity contribution in [2.24, 2.45) is 0 Å². The summed E-state index contributed by atoms with van der Waals surface area (Å²) in [4.78, 5) is 0. The molecule has 0 spiro atoms. The lowest BCUT2D eigenvalue weighted by molar-refractivity contribution is 0.167. The molecule has 0 bridgehead atoms. The topological polar surface area (TPSA) is 20.2 Å². The molecule has 0 fully saturated rings. The quantitative estimate of drug-likeness (QED) is 0.295. The predicted octanol–water partition coefficient (Wildman–Crippen LogP) is 5.06. The Morgan fingerprint density at radius 3 is 1.94 bits per heavy atom. The maximum atomic E-state index is 9.61. The highest BCUT2D eigenvalue weighted by molar-refractivity contribution is 6.22. The molecule has 0 aromatic rings. The molecule has 0 saturated heterocycles. The molecule has 0 aromatic carbocycles. The Balaban J connectivity index is 3.15. The maximum Gasteiger partial charge on any atom is 0.0772 e. The van der Waals surface area contributed by atoms with Crippen LogP contribution in [0.4, 0.5) is 0 Å². The van der Waals surface area contributed by atoms with Gasteiger partial charge in [0.05, 0.1) is 11.5 Å². The lowest BCUT2D eigenvalue weighted by atomic mass is 10.0. The van der Waals surface area contributed by atoms with Crippen LogP contribution < -0.4 is 0 Å². The molecule has 1 N–H and O–H groups in total. The van der Waals surface area contributed by atoms with Gasteiger partial charge in [-0.1, -0.05) is 70.8 Å². The van der Waals surface area contributed by atoms with E-state index in [9.17, 15) is 5.11 Å². The van der Waals surface area contributed by atoms with E-state index in [4.69, 9.17) is 11.6 Å². The lowest BCUT2D eigenvalue weighted by Gasteiger charge is -2.12. The number of aliphatic hydroxyl groups excluding tert-OH is 1. The Hall–Kier alpha value is -0.0100. The summed E-state index contributed by atoms with van der Waals surface area (Å²) in [6.07, 6.45) is 13.8. The molecule has 0 aliphatic heterocycles. The standard InChI is InChI=1S/C15H29ClO/c1-3-5-6-7-8-9-10-11-12-13-15(17)14(16)4-2/h4,14-15,17H,2-3,5-13H2,1H3/t14-,15-/m0/s1. The summed E-state index contributed by atoms with van der Waals surface area (Å²) in [6, 6.07) is 0. The smallest absolute Gasteiger partial charge is 0.0772 e. The zero-order valence-corrected chi connectivity index (χ0v) is 12.1. The number of hydrogen-bond acceptors (Lipinski definition) is 1. The van der Waals surface area contributed by atoms with Crippen LogP contribution in [-0.2, 0) is 0 Å². The highest BCUT2D eigenvalue weighted by Gasteiger charge is 2.11. The molecule has 2 atom stereocenters. The Labute approximate surface area is 112 Å². The van der Waals surface area contributed by atoms with Crippen LogP contribution in [0.5, 0.6) is 0 Å². The summed E-state index contributed by atoms with van der Waals surface area (Å²) in [5.74, 6) is 0. The minimum absolute atomic E-state index is 0.288. The highest BCUT2D eigenvalue weighted by atomic mass is 35.5. The molecule has 0 aliphatic carbocycles. The normalized spacial score (nSPS) is 14.5. The highest BCUT2D eigenvalue weighted by Crippen LogP contribution is 2.14. The third-order valence-corrected chi connectivity index (χ3v) is 3.67. The first-order valence-corrected chi connectivity index (χ1v) is 7.60. The second kappa shape index (κ2) is 12.4. The van der Waals surface area contributed by atoms with Crippen molar-refractivity contribution in [1.29, 1.82) is 0 Å². The number of hydrogen-bond donors (Lipinski definition) is 1. The molecule has 1 nitrogen and oxygen atoms in total. The zero-order valence-electron chi connectivity index (χ0n) is 11.3. The van der Waals surface area contributed by atoms with Gasteiger partial charge in [0.1, 0.15) is 0 Å². The number of aliphatic hydroxyl groups is 1. The summed E-state index contributed by atoms with van der Waals surface area (Å²) in [5, 5.41) is 9.33. The van der Waals surface area contributed by atoms with E-state index in [1.54, 1.807) is 6.08 Å². The molecule has 0 unspecified atom stereocenters. The van der Waals surface area contributed by atoms with Gasteiger partial charge in [-0.3, -0.25) is 0 Å². The van der Waals surface area contributed by atoms with E-state index in [1.165, 1.54) is 51.4 Å². The van der Waals surface area contributed by atoms with Crippen molar-refractivity contribution in [2.45, 2.75) is 82.6 Å². The van der Waals surface area contributed by atoms with Crippen LogP contribution in [0.25, 0.3) is 0 Å². The summed E-state index contributed by atoms with van der Waals surface area (Å²) in [7, 11) is 0. The molecule has 0 aliphatic rings. The molecule has 102 valence electrons. The Morgan fingerprint density at radius 2 is 1.47 bits per heavy atom. The first-order chi connectivity index (χ1) is 8.22. The van der Waals surface area contributed by atoms with Gasteiger partial charge < -0.3 is 5.11 Å². The Morgan fingerprint density at radius 1 is 1.00 bits per heavy atom. The van der Waals surface area contributed by atoms with Gasteiger partial charge in [-0.15, -0.1) is 18.2 Å². The molecular formula is C15H29ClO. The lowest BCUT2D eigenvalue weighted by Crippen LogP contribution is -2.18. The van der Waals surface area contributed by atoms with Gasteiger partial charge in [0.25, 0.3) is 0 Å². The number of alkyl halides is 1. The van der Waals surface area contributed by atoms with Crippen LogP contribution >= 0.6 is 11.6 Å². The van der Waals surface area contributed by atoms with Gasteiger partial charge in [0.2, 0.25) is 0 Å². The van der Waals surface area contributed by atoms with Gasteiger partial charge >= 0.3 is 0 Å². The third kappa shape index (κ3) is 10.8. The van der Waals surface area contributed by atoms with E-state index in [2.05, 4.69) is 13.5 Å². The molecule has 17 heavy (non-hydrogen) atoms. The number of rotatable bonds is 12. The van der Waals surface area contributed by atoms with Gasteiger partial charge in [0.15, 0.2) is 0 Å². The Bertz CT molecular complexity index is 170. The van der Waals surface area contributed by atoms with Crippen molar-refractivity contribution in [3.05, 3.63) is 12.7 Å². The fourth-order valence-electron chi connectivity index (χ4n) is 1.98. The number of halogens is 1. The molecule has 0 saturated carbocycles. The van der Waals surface area contributed by atoms with E-state index in [1.807, 2.05) is 0 Å². The Kier molecular flexibility index (Phi) is 12.4. The summed E-state index contributed by atoms with van der Waals surface area (Å²) < 4.78 is 0. The first-order valence-electron chi connectivity index (χ1n) is 7.17. The maximum absolute atomic E-state index is 9.61. The van der Waals surface area contributed by atoms with Gasteiger partial charge in [-0.05, 0) is 6.42 Å². The van der Waals surface area contributed by atoms with Gasteiger partial charge in [-0.2, -0.15) is 0 Å². The van der Waals surface area contributed by atoms with Crippen molar-refractivity contribution >= 4 is 11.6 Å². The molecule has 0 radical (unpaired) electrons. The van der Waals surface area contributed by atoms with Crippen LogP contribution in [0.15, 0.2) is 12.7 Å². The van der Waals surface area contributed by atoms with Crippen molar-refractivity contribution in [3.8, 4) is 0 Å². The minimum Gasteiger partial charge on any atom is -0.391 e. The van der Waals surface area contributed by atoms with Crippen LogP contribution in [0.3, 0.4) is 0 Å². The minimum atomic E-state index is -0.418. The largest absolute Gasteiger partial charge is 0.391 e. The van der Waals surface area contributed by atoms with E-state index < -0.39 is 6.10 Å². The molecule has 0 rings (SSSR count). The third-order valence-electron chi connectivity index (χ3n) is 3.20. The molecule has 0 aromatic heterocycles. The summed E-state index contributed by atoms with van der Waals surface area (Å²) in [6.45, 7) is 5.83. The van der Waals surface area contributed by atoms with E-state index in [0.717, 1.165) is 12.8 Å². The van der Waals surface area contributed by atoms with Crippen LogP contribution in [0.2, 0.25) is 0 Å². The second-order valence-corrected chi connectivity index (χ2v) is 5.37. The van der Waals surface area contributed by atoms with Crippen LogP contribution in [0.1, 0.15) is 71.1 Å². The SMILES string of the molecule is C=C[C@H](Cl)[C@@H](O)CCCCCCCCCCC. The first kappa shape index (κ1) is 17.0. The fraction of sp³-hybridized carbons (Fsp3) is 0.867. The van der Waals surface area contributed by atoms with Crippen molar-refractivity contribution in [2.75, 3.05) is 0 Å². The second-order valence-electron chi connectivity index (χ2n) is 4.86. The van der Waals surface area contributed by atoms with E-state index >= 15 is 0 Å². The van der Waals surface area contributed by atoms with Crippen LogP contribution in [0, 0.1) is 0 Å². The van der Waals surface area contributed by atoms with Crippen molar-refractivity contribution < 1.29 is 5.11 Å². The summed E-state index contributed by atoms with van der Waals surface area (Å²) >= 11 is 5.86. The number of unbranched alkanes of at least 4 members (excludes halogenated alkanes) is 8. The molecule has 0 amide bonds. The van der Waals surface area contributed by atoms with Crippen molar-refractivity contribution in [3.63, 3.8) is 0 Å². The van der Waals surface area contributed by atoms with Gasteiger partial charge in [-0.25, -0.2) is 0 Å².